The number of nitrogens with zero attached hydrogens (tertiary/aromatic N) is 3. The Balaban J connectivity index is 1.42. The minimum Gasteiger partial charge on any atom is -0.352 e. The molecule has 1 aliphatic rings. The summed E-state index contributed by atoms with van der Waals surface area (Å²) in [6, 6.07) is 10.2. The van der Waals surface area contributed by atoms with Gasteiger partial charge in [-0.05, 0) is 12.8 Å². The fraction of sp³-hybridized carbons (Fsp3) is 0.412. The fourth-order valence-electron chi connectivity index (χ4n) is 2.29. The standard InChI is InChI=1S/C17H21N5O2S/c1-22-16(12-5-3-2-4-6-12)20-21-17(22)25-10-9-14(23)18-11-15(24)19-13-7-8-13/h2-6,13H,7-11H2,1H3,(H,18,23)(H,19,24). The number of benzene rings is 1. The van der Waals surface area contributed by atoms with Gasteiger partial charge in [0.15, 0.2) is 11.0 Å². The Kier molecular flexibility index (Phi) is 5.70. The second kappa shape index (κ2) is 8.15. The summed E-state index contributed by atoms with van der Waals surface area (Å²) in [5.41, 5.74) is 1.00. The molecule has 1 aromatic heterocycles. The first-order valence-electron chi connectivity index (χ1n) is 8.27. The average Bonchev–Trinajstić information content (AvgIpc) is 3.36. The number of rotatable bonds is 8. The summed E-state index contributed by atoms with van der Waals surface area (Å²) >= 11 is 1.47. The molecule has 0 saturated heterocycles. The molecule has 8 heteroatoms. The topological polar surface area (TPSA) is 88.9 Å². The van der Waals surface area contributed by atoms with Gasteiger partial charge in [0, 0.05) is 30.8 Å². The van der Waals surface area contributed by atoms with Crippen molar-refractivity contribution in [2.45, 2.75) is 30.5 Å². The van der Waals surface area contributed by atoms with Crippen LogP contribution >= 0.6 is 11.8 Å². The number of thioether (sulfide) groups is 1. The highest BCUT2D eigenvalue weighted by atomic mass is 32.2. The van der Waals surface area contributed by atoms with E-state index < -0.39 is 0 Å². The zero-order valence-corrected chi connectivity index (χ0v) is 14.9. The van der Waals surface area contributed by atoms with E-state index >= 15 is 0 Å². The molecule has 0 unspecified atom stereocenters. The molecule has 132 valence electrons. The van der Waals surface area contributed by atoms with Gasteiger partial charge in [-0.25, -0.2) is 0 Å². The Labute approximate surface area is 150 Å². The van der Waals surface area contributed by atoms with Crippen molar-refractivity contribution in [3.05, 3.63) is 30.3 Å². The molecule has 2 N–H and O–H groups in total. The predicted molar refractivity (Wildman–Crippen MR) is 96.0 cm³/mol. The SMILES string of the molecule is Cn1c(SCCC(=O)NCC(=O)NC2CC2)nnc1-c1ccccc1. The van der Waals surface area contributed by atoms with Crippen LogP contribution in [0.5, 0.6) is 0 Å². The molecule has 1 aliphatic carbocycles. The lowest BCUT2D eigenvalue weighted by molar-refractivity contribution is -0.125. The second-order valence-corrected chi connectivity index (χ2v) is 7.01. The lowest BCUT2D eigenvalue weighted by atomic mass is 10.2. The van der Waals surface area contributed by atoms with Gasteiger partial charge in [0.1, 0.15) is 0 Å². The van der Waals surface area contributed by atoms with Gasteiger partial charge in [0.25, 0.3) is 0 Å². The van der Waals surface area contributed by atoms with E-state index in [1.807, 2.05) is 41.9 Å². The number of amides is 2. The van der Waals surface area contributed by atoms with E-state index in [-0.39, 0.29) is 18.4 Å². The highest BCUT2D eigenvalue weighted by Crippen LogP contribution is 2.22. The summed E-state index contributed by atoms with van der Waals surface area (Å²) in [7, 11) is 1.91. The number of carbonyl (C=O) groups is 2. The van der Waals surface area contributed by atoms with Gasteiger partial charge in [0.05, 0.1) is 6.54 Å². The van der Waals surface area contributed by atoms with Crippen LogP contribution in [0.3, 0.4) is 0 Å². The number of carbonyl (C=O) groups excluding carboxylic acids is 2. The zero-order chi connectivity index (χ0) is 17.6. The molecule has 0 spiro atoms. The van der Waals surface area contributed by atoms with Crippen LogP contribution in [-0.2, 0) is 16.6 Å². The van der Waals surface area contributed by atoms with Gasteiger partial charge in [0.2, 0.25) is 11.8 Å². The van der Waals surface area contributed by atoms with Crippen molar-refractivity contribution in [2.24, 2.45) is 7.05 Å². The first-order valence-corrected chi connectivity index (χ1v) is 9.25. The molecule has 0 atom stereocenters. The molecule has 0 aliphatic heterocycles. The Hall–Kier alpha value is -2.35. The monoisotopic (exact) mass is 359 g/mol. The maximum absolute atomic E-state index is 11.8. The number of nitrogens with one attached hydrogen (secondary N) is 2. The third-order valence-corrected chi connectivity index (χ3v) is 4.84. The highest BCUT2D eigenvalue weighted by molar-refractivity contribution is 7.99. The Bertz CT molecular complexity index is 743. The lowest BCUT2D eigenvalue weighted by Gasteiger charge is -2.06. The van der Waals surface area contributed by atoms with Gasteiger partial charge in [-0.15, -0.1) is 10.2 Å². The molecule has 1 aromatic carbocycles. The molecule has 1 heterocycles. The van der Waals surface area contributed by atoms with Crippen molar-refractivity contribution in [3.63, 3.8) is 0 Å². The van der Waals surface area contributed by atoms with E-state index in [1.54, 1.807) is 0 Å². The van der Waals surface area contributed by atoms with Crippen LogP contribution in [0.15, 0.2) is 35.5 Å². The summed E-state index contributed by atoms with van der Waals surface area (Å²) in [6.45, 7) is 0.0438. The molecule has 1 saturated carbocycles. The van der Waals surface area contributed by atoms with E-state index in [0.717, 1.165) is 29.4 Å². The van der Waals surface area contributed by atoms with E-state index in [1.165, 1.54) is 11.8 Å². The van der Waals surface area contributed by atoms with Gasteiger partial charge < -0.3 is 15.2 Å². The summed E-state index contributed by atoms with van der Waals surface area (Å²) < 4.78 is 1.92. The molecule has 2 aromatic rings. The van der Waals surface area contributed by atoms with Crippen LogP contribution in [0.1, 0.15) is 19.3 Å². The lowest BCUT2D eigenvalue weighted by Crippen LogP contribution is -2.37. The van der Waals surface area contributed by atoms with E-state index in [0.29, 0.717) is 18.2 Å². The van der Waals surface area contributed by atoms with Crippen LogP contribution in [0.2, 0.25) is 0 Å². The maximum Gasteiger partial charge on any atom is 0.239 e. The fourth-order valence-corrected chi connectivity index (χ4v) is 3.14. The van der Waals surface area contributed by atoms with Crippen molar-refractivity contribution in [1.29, 1.82) is 0 Å². The molecule has 25 heavy (non-hydrogen) atoms. The molecule has 7 nitrogen and oxygen atoms in total. The predicted octanol–water partition coefficient (Wildman–Crippen LogP) is 1.36. The molecule has 0 bridgehead atoms. The highest BCUT2D eigenvalue weighted by Gasteiger charge is 2.23. The molecule has 2 amide bonds. The van der Waals surface area contributed by atoms with Crippen LogP contribution in [0, 0.1) is 0 Å². The van der Waals surface area contributed by atoms with Crippen molar-refractivity contribution < 1.29 is 9.59 Å². The van der Waals surface area contributed by atoms with E-state index in [9.17, 15) is 9.59 Å². The molecule has 0 radical (unpaired) electrons. The molecular weight excluding hydrogens is 338 g/mol. The number of hydrogen-bond donors (Lipinski definition) is 2. The van der Waals surface area contributed by atoms with Crippen molar-refractivity contribution in [2.75, 3.05) is 12.3 Å². The quantitative estimate of drug-likeness (QED) is 0.695. The van der Waals surface area contributed by atoms with Crippen LogP contribution in [0.4, 0.5) is 0 Å². The second-order valence-electron chi connectivity index (χ2n) is 5.95. The number of aromatic nitrogens is 3. The molecule has 3 rings (SSSR count). The van der Waals surface area contributed by atoms with Gasteiger partial charge in [-0.1, -0.05) is 42.1 Å². The van der Waals surface area contributed by atoms with E-state index in [2.05, 4.69) is 20.8 Å². The Morgan fingerprint density at radius 1 is 1.20 bits per heavy atom. The first kappa shape index (κ1) is 17.5. The smallest absolute Gasteiger partial charge is 0.239 e. The summed E-state index contributed by atoms with van der Waals surface area (Å²) in [4.78, 5) is 23.3. The van der Waals surface area contributed by atoms with Crippen molar-refractivity contribution in [3.8, 4) is 11.4 Å². The normalized spacial score (nSPS) is 13.5. The minimum atomic E-state index is -0.135. The summed E-state index contributed by atoms with van der Waals surface area (Å²) in [5, 5.41) is 14.6. The zero-order valence-electron chi connectivity index (χ0n) is 14.1. The van der Waals surface area contributed by atoms with Crippen molar-refractivity contribution in [1.82, 2.24) is 25.4 Å². The third-order valence-electron chi connectivity index (χ3n) is 3.82. The van der Waals surface area contributed by atoms with E-state index in [4.69, 9.17) is 0 Å². The largest absolute Gasteiger partial charge is 0.352 e. The minimum absolute atomic E-state index is 0.0438. The van der Waals surface area contributed by atoms with Gasteiger partial charge in [-0.3, -0.25) is 9.59 Å². The third kappa shape index (κ3) is 5.06. The summed E-state index contributed by atoms with van der Waals surface area (Å²) in [6.07, 6.45) is 2.41. The summed E-state index contributed by atoms with van der Waals surface area (Å²) in [5.74, 6) is 1.12. The van der Waals surface area contributed by atoms with Gasteiger partial charge in [-0.2, -0.15) is 0 Å². The molecular formula is C17H21N5O2S. The maximum atomic E-state index is 11.8. The van der Waals surface area contributed by atoms with Crippen molar-refractivity contribution >= 4 is 23.6 Å². The van der Waals surface area contributed by atoms with Gasteiger partial charge >= 0.3 is 0 Å². The first-order chi connectivity index (χ1) is 12.1. The molecule has 1 fully saturated rings. The van der Waals surface area contributed by atoms with Crippen LogP contribution in [-0.4, -0.2) is 44.9 Å². The van der Waals surface area contributed by atoms with Crippen LogP contribution < -0.4 is 10.6 Å². The number of hydrogen-bond acceptors (Lipinski definition) is 5. The Morgan fingerprint density at radius 3 is 2.68 bits per heavy atom. The van der Waals surface area contributed by atoms with Crippen LogP contribution in [0.25, 0.3) is 11.4 Å². The average molecular weight is 359 g/mol. The Morgan fingerprint density at radius 2 is 1.96 bits per heavy atom.